The number of esters is 1. The second kappa shape index (κ2) is 5.03. The number of hydrogen-bond donors (Lipinski definition) is 0. The van der Waals surface area contributed by atoms with Crippen molar-refractivity contribution in [1.29, 1.82) is 0 Å². The normalized spacial score (nSPS) is 10.6. The lowest BCUT2D eigenvalue weighted by Crippen LogP contribution is -2.03. The highest BCUT2D eigenvalue weighted by molar-refractivity contribution is 5.87. The quantitative estimate of drug-likeness (QED) is 0.773. The molecular formula is C12H15N3O3. The molecule has 0 amide bonds. The molecule has 0 spiro atoms. The Hall–Kier alpha value is -2.11. The summed E-state index contributed by atoms with van der Waals surface area (Å²) in [4.78, 5) is 20.0. The average molecular weight is 249 g/mol. The molecular weight excluding hydrogens is 234 g/mol. The molecule has 96 valence electrons. The van der Waals surface area contributed by atoms with Gasteiger partial charge < -0.3 is 13.7 Å². The predicted octanol–water partition coefficient (Wildman–Crippen LogP) is 1.81. The fourth-order valence-corrected chi connectivity index (χ4v) is 1.64. The number of ether oxygens (including phenoxy) is 1. The number of aromatic nitrogens is 3. The van der Waals surface area contributed by atoms with Gasteiger partial charge in [0.25, 0.3) is 0 Å². The molecule has 0 radical (unpaired) electrons. The molecule has 6 nitrogen and oxygen atoms in total. The second-order valence-corrected chi connectivity index (χ2v) is 3.96. The van der Waals surface area contributed by atoms with Gasteiger partial charge in [-0.1, -0.05) is 13.3 Å². The summed E-state index contributed by atoms with van der Waals surface area (Å²) in [6.07, 6.45) is 4.97. The zero-order chi connectivity index (χ0) is 13.1. The number of carbonyl (C=O) groups excluding carboxylic acids is 1. The number of imidazole rings is 1. The smallest absolute Gasteiger partial charge is 0.376 e. The van der Waals surface area contributed by atoms with Crippen LogP contribution < -0.4 is 0 Å². The van der Waals surface area contributed by atoms with Gasteiger partial charge in [0.2, 0.25) is 11.7 Å². The molecule has 0 N–H and O–H groups in total. The van der Waals surface area contributed by atoms with Gasteiger partial charge in [-0.2, -0.15) is 0 Å². The highest BCUT2D eigenvalue weighted by atomic mass is 16.5. The van der Waals surface area contributed by atoms with E-state index in [1.807, 2.05) is 14.0 Å². The Bertz CT molecular complexity index is 557. The first kappa shape index (κ1) is 12.3. The van der Waals surface area contributed by atoms with Gasteiger partial charge in [-0.25, -0.2) is 14.8 Å². The molecule has 0 saturated heterocycles. The van der Waals surface area contributed by atoms with Crippen LogP contribution in [0, 0.1) is 0 Å². The van der Waals surface area contributed by atoms with Crippen molar-refractivity contribution >= 4 is 5.97 Å². The minimum absolute atomic E-state index is 0.167. The van der Waals surface area contributed by atoms with Crippen LogP contribution in [-0.2, 0) is 18.2 Å². The molecule has 0 fully saturated rings. The maximum atomic E-state index is 11.6. The van der Waals surface area contributed by atoms with Crippen LogP contribution in [0.15, 0.2) is 16.9 Å². The van der Waals surface area contributed by atoms with Crippen LogP contribution in [-0.4, -0.2) is 27.6 Å². The van der Waals surface area contributed by atoms with E-state index in [0.29, 0.717) is 23.7 Å². The Balaban J connectivity index is 2.41. The molecule has 0 unspecified atom stereocenters. The van der Waals surface area contributed by atoms with Gasteiger partial charge in [0.1, 0.15) is 5.69 Å². The second-order valence-electron chi connectivity index (χ2n) is 3.96. The van der Waals surface area contributed by atoms with E-state index in [9.17, 15) is 4.79 Å². The Labute approximate surface area is 105 Å². The van der Waals surface area contributed by atoms with Crippen LogP contribution in [0.2, 0.25) is 0 Å². The lowest BCUT2D eigenvalue weighted by molar-refractivity contribution is 0.0564. The first-order valence-electron chi connectivity index (χ1n) is 5.72. The number of hydrogen-bond acceptors (Lipinski definition) is 5. The van der Waals surface area contributed by atoms with E-state index in [-0.39, 0.29) is 5.76 Å². The van der Waals surface area contributed by atoms with E-state index in [2.05, 4.69) is 14.7 Å². The van der Waals surface area contributed by atoms with Gasteiger partial charge in [-0.05, 0) is 6.42 Å². The van der Waals surface area contributed by atoms with Crippen LogP contribution in [0.3, 0.4) is 0 Å². The fourth-order valence-electron chi connectivity index (χ4n) is 1.64. The molecule has 0 saturated carbocycles. The van der Waals surface area contributed by atoms with Gasteiger partial charge in [0.15, 0.2) is 0 Å². The van der Waals surface area contributed by atoms with Gasteiger partial charge >= 0.3 is 5.97 Å². The predicted molar refractivity (Wildman–Crippen MR) is 64.0 cm³/mol. The Morgan fingerprint density at radius 2 is 2.33 bits per heavy atom. The number of aryl methyl sites for hydroxylation is 2. The average Bonchev–Trinajstić information content (AvgIpc) is 2.95. The highest BCUT2D eigenvalue weighted by Crippen LogP contribution is 2.22. The molecule has 2 aromatic heterocycles. The molecule has 0 aliphatic carbocycles. The van der Waals surface area contributed by atoms with E-state index < -0.39 is 5.97 Å². The van der Waals surface area contributed by atoms with Crippen molar-refractivity contribution < 1.29 is 13.9 Å². The monoisotopic (exact) mass is 249 g/mol. The van der Waals surface area contributed by atoms with Crippen molar-refractivity contribution in [3.8, 4) is 11.6 Å². The Morgan fingerprint density at radius 3 is 2.89 bits per heavy atom. The highest BCUT2D eigenvalue weighted by Gasteiger charge is 2.21. The molecule has 0 bridgehead atoms. The van der Waals surface area contributed by atoms with Crippen LogP contribution in [0.4, 0.5) is 0 Å². The van der Waals surface area contributed by atoms with Crippen LogP contribution in [0.25, 0.3) is 11.6 Å². The first-order valence-corrected chi connectivity index (χ1v) is 5.72. The molecule has 2 heterocycles. The number of nitrogens with zero attached hydrogens (tertiary/aromatic N) is 3. The summed E-state index contributed by atoms with van der Waals surface area (Å²) in [5.41, 5.74) is 1.22. The molecule has 18 heavy (non-hydrogen) atoms. The molecule has 0 aliphatic rings. The van der Waals surface area contributed by atoms with E-state index >= 15 is 0 Å². The van der Waals surface area contributed by atoms with Crippen LogP contribution in [0.5, 0.6) is 0 Å². The zero-order valence-electron chi connectivity index (χ0n) is 10.6. The van der Waals surface area contributed by atoms with Gasteiger partial charge in [0, 0.05) is 13.2 Å². The number of carbonyl (C=O) groups is 1. The maximum Gasteiger partial charge on any atom is 0.376 e. The molecule has 0 atom stereocenters. The third-order valence-electron chi connectivity index (χ3n) is 2.48. The lowest BCUT2D eigenvalue weighted by Gasteiger charge is -1.95. The lowest BCUT2D eigenvalue weighted by atomic mass is 10.2. The van der Waals surface area contributed by atoms with Gasteiger partial charge in [0.05, 0.1) is 19.1 Å². The number of rotatable bonds is 4. The van der Waals surface area contributed by atoms with Crippen molar-refractivity contribution in [2.75, 3.05) is 7.11 Å². The summed E-state index contributed by atoms with van der Waals surface area (Å²) in [5.74, 6) is 0.00702. The molecule has 0 aliphatic heterocycles. The Kier molecular flexibility index (Phi) is 3.45. The molecule has 2 aromatic rings. The van der Waals surface area contributed by atoms with E-state index in [0.717, 1.165) is 6.42 Å². The van der Waals surface area contributed by atoms with Crippen molar-refractivity contribution in [1.82, 2.24) is 14.5 Å². The SMILES string of the molecule is CCCc1nc(-c2cn(C)cn2)oc1C(=O)OC. The van der Waals surface area contributed by atoms with Crippen molar-refractivity contribution in [2.45, 2.75) is 19.8 Å². The first-order chi connectivity index (χ1) is 8.65. The summed E-state index contributed by atoms with van der Waals surface area (Å²) >= 11 is 0. The zero-order valence-corrected chi connectivity index (χ0v) is 10.6. The third kappa shape index (κ3) is 2.27. The molecule has 0 aromatic carbocycles. The minimum Gasteiger partial charge on any atom is -0.463 e. The summed E-state index contributed by atoms with van der Waals surface area (Å²) in [7, 11) is 3.18. The molecule has 6 heteroatoms. The van der Waals surface area contributed by atoms with Crippen molar-refractivity contribution in [3.05, 3.63) is 24.0 Å². The van der Waals surface area contributed by atoms with Gasteiger partial charge in [-0.15, -0.1) is 0 Å². The largest absolute Gasteiger partial charge is 0.463 e. The van der Waals surface area contributed by atoms with E-state index in [1.165, 1.54) is 7.11 Å². The van der Waals surface area contributed by atoms with Crippen LogP contribution >= 0.6 is 0 Å². The van der Waals surface area contributed by atoms with Crippen molar-refractivity contribution in [3.63, 3.8) is 0 Å². The van der Waals surface area contributed by atoms with Crippen LogP contribution in [0.1, 0.15) is 29.6 Å². The summed E-state index contributed by atoms with van der Waals surface area (Å²) in [6.45, 7) is 2.01. The number of oxazole rings is 1. The maximum absolute atomic E-state index is 11.6. The van der Waals surface area contributed by atoms with E-state index in [4.69, 9.17) is 4.42 Å². The summed E-state index contributed by atoms with van der Waals surface area (Å²) in [5, 5.41) is 0. The summed E-state index contributed by atoms with van der Waals surface area (Å²) < 4.78 is 11.9. The molecule has 2 rings (SSSR count). The number of methoxy groups -OCH3 is 1. The third-order valence-corrected chi connectivity index (χ3v) is 2.48. The fraction of sp³-hybridized carbons (Fsp3) is 0.417. The Morgan fingerprint density at radius 1 is 1.56 bits per heavy atom. The minimum atomic E-state index is -0.506. The van der Waals surface area contributed by atoms with Crippen molar-refractivity contribution in [2.24, 2.45) is 7.05 Å². The summed E-state index contributed by atoms with van der Waals surface area (Å²) in [6, 6.07) is 0. The topological polar surface area (TPSA) is 70.2 Å². The van der Waals surface area contributed by atoms with Gasteiger partial charge in [-0.3, -0.25) is 0 Å². The standard InChI is InChI=1S/C12H15N3O3/c1-4-5-8-10(12(16)17-3)18-11(14-8)9-6-15(2)7-13-9/h6-7H,4-5H2,1-3H3. The van der Waals surface area contributed by atoms with E-state index in [1.54, 1.807) is 17.1 Å².